The molecule has 0 aliphatic heterocycles. The zero-order valence-corrected chi connectivity index (χ0v) is 15.7. The highest BCUT2D eigenvalue weighted by atomic mass is 19.1. The maximum Gasteiger partial charge on any atom is 0.253 e. The predicted octanol–water partition coefficient (Wildman–Crippen LogP) is 5.48. The Morgan fingerprint density at radius 3 is 2.03 bits per heavy atom. The average Bonchev–Trinajstić information content (AvgIpc) is 2.79. The second kappa shape index (κ2) is 8.48. The molecule has 0 saturated heterocycles. The number of rotatable bonds is 5. The molecule has 4 heteroatoms. The summed E-state index contributed by atoms with van der Waals surface area (Å²) >= 11 is 0. The standard InChI is InChI=1S/C25H19FN2O/c26-21-13-11-18(12-14-21)17-27-25(29)22-15-16-23(19-7-3-1-4-8-19)28-24(22)20-9-5-2-6-10-20/h1-16H,17H2,(H,27,29). The number of aromatic nitrogens is 1. The first kappa shape index (κ1) is 18.6. The van der Waals surface area contributed by atoms with Crippen LogP contribution in [0.3, 0.4) is 0 Å². The first-order valence-corrected chi connectivity index (χ1v) is 9.35. The maximum atomic E-state index is 13.1. The molecule has 0 aliphatic rings. The van der Waals surface area contributed by atoms with Gasteiger partial charge in [0.2, 0.25) is 0 Å². The molecule has 4 rings (SSSR count). The van der Waals surface area contributed by atoms with E-state index in [0.717, 1.165) is 22.4 Å². The van der Waals surface area contributed by atoms with Crippen molar-refractivity contribution in [3.8, 4) is 22.5 Å². The van der Waals surface area contributed by atoms with Crippen molar-refractivity contribution in [3.63, 3.8) is 0 Å². The van der Waals surface area contributed by atoms with E-state index >= 15 is 0 Å². The Labute approximate surface area is 168 Å². The molecule has 0 aliphatic carbocycles. The number of carbonyl (C=O) groups excluding carboxylic acids is 1. The summed E-state index contributed by atoms with van der Waals surface area (Å²) in [7, 11) is 0. The van der Waals surface area contributed by atoms with Crippen molar-refractivity contribution in [2.75, 3.05) is 0 Å². The first-order chi connectivity index (χ1) is 14.2. The number of nitrogens with zero attached hydrogens (tertiary/aromatic N) is 1. The third kappa shape index (κ3) is 4.38. The number of hydrogen-bond acceptors (Lipinski definition) is 2. The lowest BCUT2D eigenvalue weighted by Crippen LogP contribution is -2.23. The summed E-state index contributed by atoms with van der Waals surface area (Å²) in [5.41, 5.74) is 4.62. The van der Waals surface area contributed by atoms with Crippen LogP contribution in [0.2, 0.25) is 0 Å². The number of carbonyl (C=O) groups is 1. The number of benzene rings is 3. The van der Waals surface area contributed by atoms with Crippen LogP contribution in [0.4, 0.5) is 4.39 Å². The second-order valence-corrected chi connectivity index (χ2v) is 6.63. The first-order valence-electron chi connectivity index (χ1n) is 9.35. The Bertz CT molecular complexity index is 1110. The molecule has 1 heterocycles. The van der Waals surface area contributed by atoms with Gasteiger partial charge in [0.25, 0.3) is 5.91 Å². The smallest absolute Gasteiger partial charge is 0.253 e. The quantitative estimate of drug-likeness (QED) is 0.496. The van der Waals surface area contributed by atoms with E-state index in [4.69, 9.17) is 4.98 Å². The van der Waals surface area contributed by atoms with Gasteiger partial charge in [-0.15, -0.1) is 0 Å². The van der Waals surface area contributed by atoms with Crippen LogP contribution in [0.25, 0.3) is 22.5 Å². The molecular formula is C25H19FN2O. The highest BCUT2D eigenvalue weighted by molar-refractivity contribution is 6.00. The van der Waals surface area contributed by atoms with E-state index in [1.165, 1.54) is 12.1 Å². The highest BCUT2D eigenvalue weighted by Gasteiger charge is 2.15. The molecule has 0 saturated carbocycles. The van der Waals surface area contributed by atoms with Crippen molar-refractivity contribution >= 4 is 5.91 Å². The molecule has 3 aromatic carbocycles. The van der Waals surface area contributed by atoms with E-state index in [1.807, 2.05) is 66.7 Å². The summed E-state index contributed by atoms with van der Waals surface area (Å²) in [4.78, 5) is 17.7. The van der Waals surface area contributed by atoms with Crippen LogP contribution in [0.1, 0.15) is 15.9 Å². The van der Waals surface area contributed by atoms with Gasteiger partial charge >= 0.3 is 0 Å². The summed E-state index contributed by atoms with van der Waals surface area (Å²) in [6.07, 6.45) is 0. The van der Waals surface area contributed by atoms with Gasteiger partial charge in [0.1, 0.15) is 5.82 Å². The van der Waals surface area contributed by atoms with Gasteiger partial charge in [-0.2, -0.15) is 0 Å². The molecule has 0 fully saturated rings. The van der Waals surface area contributed by atoms with Gasteiger partial charge in [0, 0.05) is 17.7 Å². The largest absolute Gasteiger partial charge is 0.348 e. The zero-order valence-electron chi connectivity index (χ0n) is 15.7. The van der Waals surface area contributed by atoms with Crippen molar-refractivity contribution in [3.05, 3.63) is 114 Å². The molecule has 142 valence electrons. The predicted molar refractivity (Wildman–Crippen MR) is 113 cm³/mol. The maximum absolute atomic E-state index is 13.1. The lowest BCUT2D eigenvalue weighted by atomic mass is 10.0. The van der Waals surface area contributed by atoms with Gasteiger partial charge in [0.05, 0.1) is 17.0 Å². The van der Waals surface area contributed by atoms with Crippen molar-refractivity contribution < 1.29 is 9.18 Å². The third-order valence-corrected chi connectivity index (χ3v) is 4.62. The summed E-state index contributed by atoms with van der Waals surface area (Å²) in [5, 5.41) is 2.90. The van der Waals surface area contributed by atoms with Crippen molar-refractivity contribution in [1.82, 2.24) is 10.3 Å². The zero-order chi connectivity index (χ0) is 20.1. The fourth-order valence-corrected chi connectivity index (χ4v) is 3.11. The fraction of sp³-hybridized carbons (Fsp3) is 0.0400. The molecule has 0 radical (unpaired) electrons. The monoisotopic (exact) mass is 382 g/mol. The van der Waals surface area contributed by atoms with Gasteiger partial charge in [-0.3, -0.25) is 4.79 Å². The molecule has 29 heavy (non-hydrogen) atoms. The number of halogens is 1. The number of pyridine rings is 1. The normalized spacial score (nSPS) is 10.5. The van der Waals surface area contributed by atoms with Crippen LogP contribution in [-0.4, -0.2) is 10.9 Å². The van der Waals surface area contributed by atoms with Crippen LogP contribution < -0.4 is 5.32 Å². The van der Waals surface area contributed by atoms with E-state index < -0.39 is 0 Å². The van der Waals surface area contributed by atoms with Crippen LogP contribution in [0.5, 0.6) is 0 Å². The number of nitrogens with one attached hydrogen (secondary N) is 1. The Morgan fingerprint density at radius 2 is 1.38 bits per heavy atom. The van der Waals surface area contributed by atoms with Crippen LogP contribution in [0.15, 0.2) is 97.1 Å². The van der Waals surface area contributed by atoms with Crippen molar-refractivity contribution in [2.45, 2.75) is 6.54 Å². The van der Waals surface area contributed by atoms with Crippen LogP contribution >= 0.6 is 0 Å². The fourth-order valence-electron chi connectivity index (χ4n) is 3.11. The molecule has 1 amide bonds. The minimum Gasteiger partial charge on any atom is -0.348 e. The number of amides is 1. The summed E-state index contributed by atoms with van der Waals surface area (Å²) in [6.45, 7) is 0.313. The Morgan fingerprint density at radius 1 is 0.759 bits per heavy atom. The summed E-state index contributed by atoms with van der Waals surface area (Å²) in [5.74, 6) is -0.521. The SMILES string of the molecule is O=C(NCc1ccc(F)cc1)c1ccc(-c2ccccc2)nc1-c1ccccc1. The van der Waals surface area contributed by atoms with E-state index in [1.54, 1.807) is 18.2 Å². The molecule has 1 N–H and O–H groups in total. The van der Waals surface area contributed by atoms with Gasteiger partial charge in [-0.1, -0.05) is 72.8 Å². The lowest BCUT2D eigenvalue weighted by Gasteiger charge is -2.12. The average molecular weight is 382 g/mol. The Balaban J connectivity index is 1.66. The molecule has 0 unspecified atom stereocenters. The summed E-state index contributed by atoms with van der Waals surface area (Å²) < 4.78 is 13.1. The van der Waals surface area contributed by atoms with E-state index in [2.05, 4.69) is 5.32 Å². The van der Waals surface area contributed by atoms with Gasteiger partial charge in [-0.05, 0) is 29.8 Å². The van der Waals surface area contributed by atoms with Crippen LogP contribution in [0, 0.1) is 5.82 Å². The Hall–Kier alpha value is -3.79. The molecule has 0 atom stereocenters. The third-order valence-electron chi connectivity index (χ3n) is 4.62. The van der Waals surface area contributed by atoms with Gasteiger partial charge < -0.3 is 5.32 Å². The lowest BCUT2D eigenvalue weighted by molar-refractivity contribution is 0.0951. The van der Waals surface area contributed by atoms with E-state index in [-0.39, 0.29) is 11.7 Å². The van der Waals surface area contributed by atoms with Crippen molar-refractivity contribution in [1.29, 1.82) is 0 Å². The minimum atomic E-state index is -0.299. The Kier molecular flexibility index (Phi) is 5.43. The molecule has 4 aromatic rings. The highest BCUT2D eigenvalue weighted by Crippen LogP contribution is 2.26. The molecule has 0 bridgehead atoms. The molecule has 1 aromatic heterocycles. The second-order valence-electron chi connectivity index (χ2n) is 6.63. The van der Waals surface area contributed by atoms with Gasteiger partial charge in [-0.25, -0.2) is 9.37 Å². The molecular weight excluding hydrogens is 363 g/mol. The minimum absolute atomic E-state index is 0.222. The topological polar surface area (TPSA) is 42.0 Å². The summed E-state index contributed by atoms with van der Waals surface area (Å²) in [6, 6.07) is 29.3. The van der Waals surface area contributed by atoms with E-state index in [9.17, 15) is 9.18 Å². The molecule has 0 spiro atoms. The van der Waals surface area contributed by atoms with Crippen LogP contribution in [-0.2, 0) is 6.54 Å². The number of hydrogen-bond donors (Lipinski definition) is 1. The molecule has 3 nitrogen and oxygen atoms in total. The van der Waals surface area contributed by atoms with Gasteiger partial charge in [0.15, 0.2) is 0 Å². The van der Waals surface area contributed by atoms with Crippen molar-refractivity contribution in [2.24, 2.45) is 0 Å². The van der Waals surface area contributed by atoms with E-state index in [0.29, 0.717) is 17.8 Å².